The number of methoxy groups -OCH3 is 3. The first-order valence-corrected chi connectivity index (χ1v) is 9.77. The molecule has 2 aromatic rings. The maximum Gasteiger partial charge on any atom is 0.255 e. The molecule has 0 saturated carbocycles. The maximum atomic E-state index is 12.5. The molecule has 0 heterocycles. The SMILES string of the molecule is COc1cc(C(=O)NCC(O)COc2c(OC)cccc2OC)cc(Cl)c1OCC(N)=O. The Morgan fingerprint density at radius 1 is 1.03 bits per heavy atom. The third kappa shape index (κ3) is 6.56. The summed E-state index contributed by atoms with van der Waals surface area (Å²) < 4.78 is 26.5. The van der Waals surface area contributed by atoms with Crippen LogP contribution in [0.1, 0.15) is 10.4 Å². The zero-order chi connectivity index (χ0) is 23.7. The van der Waals surface area contributed by atoms with Crippen molar-refractivity contribution < 1.29 is 38.4 Å². The molecule has 0 spiro atoms. The quantitative estimate of drug-likeness (QED) is 0.425. The molecule has 1 unspecified atom stereocenters. The number of primary amides is 1. The molecule has 10 nitrogen and oxygen atoms in total. The highest BCUT2D eigenvalue weighted by atomic mass is 35.5. The maximum absolute atomic E-state index is 12.5. The third-order valence-electron chi connectivity index (χ3n) is 4.15. The van der Waals surface area contributed by atoms with Crippen molar-refractivity contribution in [3.05, 3.63) is 40.9 Å². The molecular weight excluding hydrogens is 444 g/mol. The number of hydrogen-bond acceptors (Lipinski definition) is 8. The van der Waals surface area contributed by atoms with Crippen molar-refractivity contribution in [3.63, 3.8) is 0 Å². The van der Waals surface area contributed by atoms with E-state index in [-0.39, 0.29) is 35.2 Å². The fourth-order valence-corrected chi connectivity index (χ4v) is 2.91. The lowest BCUT2D eigenvalue weighted by molar-refractivity contribution is -0.119. The Morgan fingerprint density at radius 2 is 1.66 bits per heavy atom. The van der Waals surface area contributed by atoms with Gasteiger partial charge < -0.3 is 39.8 Å². The van der Waals surface area contributed by atoms with E-state index in [1.807, 2.05) is 0 Å². The topological polar surface area (TPSA) is 139 Å². The number of aliphatic hydroxyl groups excluding tert-OH is 1. The summed E-state index contributed by atoms with van der Waals surface area (Å²) in [4.78, 5) is 23.4. The first kappa shape index (κ1) is 24.9. The Morgan fingerprint density at radius 3 is 2.22 bits per heavy atom. The average Bonchev–Trinajstić information content (AvgIpc) is 2.79. The standard InChI is InChI=1S/C21H25ClN2O8/c1-28-15-5-4-6-16(29-2)20(15)31-10-13(25)9-24-21(27)12-7-14(22)19(17(8-12)30-3)32-11-18(23)26/h4-8,13,25H,9-11H2,1-3H3,(H2,23,26)(H,24,27). The van der Waals surface area contributed by atoms with E-state index in [9.17, 15) is 14.7 Å². The zero-order valence-corrected chi connectivity index (χ0v) is 18.6. The van der Waals surface area contributed by atoms with Crippen molar-refractivity contribution in [2.24, 2.45) is 5.73 Å². The van der Waals surface area contributed by atoms with Crippen LogP contribution in [0, 0.1) is 0 Å². The second-order valence-corrected chi connectivity index (χ2v) is 6.82. The molecule has 2 aromatic carbocycles. The van der Waals surface area contributed by atoms with Gasteiger partial charge in [0.15, 0.2) is 29.6 Å². The summed E-state index contributed by atoms with van der Waals surface area (Å²) in [5, 5.41) is 12.9. The van der Waals surface area contributed by atoms with Gasteiger partial charge in [0.1, 0.15) is 12.7 Å². The lowest BCUT2D eigenvalue weighted by Crippen LogP contribution is -2.35. The number of halogens is 1. The lowest BCUT2D eigenvalue weighted by atomic mass is 10.2. The second kappa shape index (κ2) is 11.9. The Bertz CT molecular complexity index is 931. The van der Waals surface area contributed by atoms with Crippen LogP contribution in [0.15, 0.2) is 30.3 Å². The molecule has 0 aliphatic carbocycles. The largest absolute Gasteiger partial charge is 0.493 e. The van der Waals surface area contributed by atoms with Crippen LogP contribution < -0.4 is 34.7 Å². The van der Waals surface area contributed by atoms with Crippen molar-refractivity contribution in [3.8, 4) is 28.7 Å². The predicted octanol–water partition coefficient (Wildman–Crippen LogP) is 1.40. The average molecular weight is 469 g/mol. The molecular formula is C21H25ClN2O8. The van der Waals surface area contributed by atoms with Gasteiger partial charge in [-0.15, -0.1) is 0 Å². The normalized spacial score (nSPS) is 11.3. The van der Waals surface area contributed by atoms with E-state index in [0.29, 0.717) is 17.2 Å². The monoisotopic (exact) mass is 468 g/mol. The molecule has 174 valence electrons. The molecule has 0 aliphatic rings. The number of nitrogens with two attached hydrogens (primary N) is 1. The van der Waals surface area contributed by atoms with E-state index in [1.165, 1.54) is 33.5 Å². The molecule has 0 bridgehead atoms. The Balaban J connectivity index is 1.99. The molecule has 0 aliphatic heterocycles. The minimum absolute atomic E-state index is 0.0582. The molecule has 1 atom stereocenters. The van der Waals surface area contributed by atoms with Gasteiger partial charge in [-0.2, -0.15) is 0 Å². The first-order chi connectivity index (χ1) is 15.3. The third-order valence-corrected chi connectivity index (χ3v) is 4.43. The molecule has 2 rings (SSSR count). The van der Waals surface area contributed by atoms with E-state index in [2.05, 4.69) is 5.32 Å². The predicted molar refractivity (Wildman–Crippen MR) is 116 cm³/mol. The highest BCUT2D eigenvalue weighted by molar-refractivity contribution is 6.32. The molecule has 0 fully saturated rings. The number of carbonyl (C=O) groups excluding carboxylic acids is 2. The molecule has 4 N–H and O–H groups in total. The zero-order valence-electron chi connectivity index (χ0n) is 17.8. The minimum atomic E-state index is -1.02. The van der Waals surface area contributed by atoms with Crippen LogP contribution >= 0.6 is 11.6 Å². The van der Waals surface area contributed by atoms with E-state index >= 15 is 0 Å². The molecule has 0 aromatic heterocycles. The van der Waals surface area contributed by atoms with Crippen LogP contribution in [0.5, 0.6) is 28.7 Å². The van der Waals surface area contributed by atoms with Crippen molar-refractivity contribution in [2.75, 3.05) is 41.1 Å². The van der Waals surface area contributed by atoms with E-state index in [0.717, 1.165) is 0 Å². The summed E-state index contributed by atoms with van der Waals surface area (Å²) in [5.41, 5.74) is 5.23. The van der Waals surface area contributed by atoms with Gasteiger partial charge in [0, 0.05) is 12.1 Å². The van der Waals surface area contributed by atoms with Gasteiger partial charge in [-0.3, -0.25) is 9.59 Å². The van der Waals surface area contributed by atoms with E-state index in [4.69, 9.17) is 41.0 Å². The fourth-order valence-electron chi connectivity index (χ4n) is 2.64. The number of aliphatic hydroxyl groups is 1. The van der Waals surface area contributed by atoms with Gasteiger partial charge in [0.05, 0.1) is 26.4 Å². The second-order valence-electron chi connectivity index (χ2n) is 6.41. The molecule has 11 heteroatoms. The number of amides is 2. The summed E-state index contributed by atoms with van der Waals surface area (Å²) in [5.74, 6) is 0.264. The summed E-state index contributed by atoms with van der Waals surface area (Å²) in [6.45, 7) is -0.623. The Labute approximate surface area is 190 Å². The highest BCUT2D eigenvalue weighted by Gasteiger charge is 2.18. The number of rotatable bonds is 12. The number of hydrogen-bond donors (Lipinski definition) is 3. The Kier molecular flexibility index (Phi) is 9.23. The number of nitrogens with one attached hydrogen (secondary N) is 1. The molecule has 0 radical (unpaired) electrons. The first-order valence-electron chi connectivity index (χ1n) is 9.39. The number of benzene rings is 2. The molecule has 2 amide bonds. The van der Waals surface area contributed by atoms with Crippen LogP contribution in [-0.4, -0.2) is 64.1 Å². The summed E-state index contributed by atoms with van der Waals surface area (Å²) in [7, 11) is 4.33. The van der Waals surface area contributed by atoms with Crippen molar-refractivity contribution in [1.29, 1.82) is 0 Å². The number of ether oxygens (including phenoxy) is 5. The minimum Gasteiger partial charge on any atom is -0.493 e. The highest BCUT2D eigenvalue weighted by Crippen LogP contribution is 2.37. The van der Waals surface area contributed by atoms with Gasteiger partial charge in [-0.1, -0.05) is 17.7 Å². The lowest BCUT2D eigenvalue weighted by Gasteiger charge is -2.17. The van der Waals surface area contributed by atoms with Gasteiger partial charge in [-0.25, -0.2) is 0 Å². The smallest absolute Gasteiger partial charge is 0.255 e. The van der Waals surface area contributed by atoms with Gasteiger partial charge in [-0.05, 0) is 24.3 Å². The summed E-state index contributed by atoms with van der Waals surface area (Å²) in [6.07, 6.45) is -1.02. The summed E-state index contributed by atoms with van der Waals surface area (Å²) in [6, 6.07) is 7.86. The molecule has 0 saturated heterocycles. The van der Waals surface area contributed by atoms with Crippen molar-refractivity contribution in [1.82, 2.24) is 5.32 Å². The Hall–Kier alpha value is -3.37. The van der Waals surface area contributed by atoms with Gasteiger partial charge in [0.25, 0.3) is 11.8 Å². The van der Waals surface area contributed by atoms with Crippen LogP contribution in [0.4, 0.5) is 0 Å². The number of para-hydroxylation sites is 1. The van der Waals surface area contributed by atoms with Crippen LogP contribution in [0.3, 0.4) is 0 Å². The van der Waals surface area contributed by atoms with Gasteiger partial charge >= 0.3 is 0 Å². The number of carbonyl (C=O) groups is 2. The van der Waals surface area contributed by atoms with Gasteiger partial charge in [0.2, 0.25) is 5.75 Å². The van der Waals surface area contributed by atoms with E-state index < -0.39 is 24.5 Å². The van der Waals surface area contributed by atoms with Crippen molar-refractivity contribution >= 4 is 23.4 Å². The van der Waals surface area contributed by atoms with Crippen LogP contribution in [0.2, 0.25) is 5.02 Å². The van der Waals surface area contributed by atoms with Crippen LogP contribution in [0.25, 0.3) is 0 Å². The fraction of sp³-hybridized carbons (Fsp3) is 0.333. The van der Waals surface area contributed by atoms with Crippen LogP contribution in [-0.2, 0) is 4.79 Å². The summed E-state index contributed by atoms with van der Waals surface area (Å²) >= 11 is 6.15. The van der Waals surface area contributed by atoms with E-state index in [1.54, 1.807) is 18.2 Å². The van der Waals surface area contributed by atoms with Crippen molar-refractivity contribution in [2.45, 2.75) is 6.10 Å². The molecule has 32 heavy (non-hydrogen) atoms.